The van der Waals surface area contributed by atoms with E-state index >= 15 is 0 Å². The van der Waals surface area contributed by atoms with Crippen LogP contribution in [-0.4, -0.2) is 4.98 Å². The van der Waals surface area contributed by atoms with Crippen molar-refractivity contribution < 1.29 is 17.1 Å². The molecule has 0 spiro atoms. The van der Waals surface area contributed by atoms with Crippen molar-refractivity contribution in [3.8, 4) is 0 Å². The zero-order valence-corrected chi connectivity index (χ0v) is 12.4. The standard InChI is InChI=1S/C10H11N2S.C5H5.Fe/c1-2-4-9(3-1)5-11-6-10-7-13-8-12-10;1-2-4-5-3-1;/h1-4,7-8,11H,5-6H2;1-5H;/q-5;-1;. The summed E-state index contributed by atoms with van der Waals surface area (Å²) in [5.41, 5.74) is 4.31. The van der Waals surface area contributed by atoms with Gasteiger partial charge in [-0.05, 0) is 0 Å². The maximum Gasteiger partial charge on any atom is 0.0795 e. The van der Waals surface area contributed by atoms with E-state index in [-0.39, 0.29) is 17.1 Å². The maximum absolute atomic E-state index is 4.19. The smallest absolute Gasteiger partial charge is 0.0795 e. The zero-order chi connectivity index (χ0) is 12.5. The zero-order valence-electron chi connectivity index (χ0n) is 10.5. The van der Waals surface area contributed by atoms with Crippen molar-refractivity contribution in [2.45, 2.75) is 13.1 Å². The van der Waals surface area contributed by atoms with Gasteiger partial charge in [0.05, 0.1) is 11.2 Å². The van der Waals surface area contributed by atoms with E-state index in [9.17, 15) is 0 Å². The van der Waals surface area contributed by atoms with Crippen LogP contribution in [0.4, 0.5) is 0 Å². The number of nitrogens with zero attached hydrogens (tertiary/aromatic N) is 1. The van der Waals surface area contributed by atoms with Gasteiger partial charge in [0.25, 0.3) is 0 Å². The molecule has 1 heterocycles. The summed E-state index contributed by atoms with van der Waals surface area (Å²) < 4.78 is 0. The Morgan fingerprint density at radius 3 is 2.47 bits per heavy atom. The van der Waals surface area contributed by atoms with Crippen LogP contribution in [0.15, 0.2) is 65.5 Å². The van der Waals surface area contributed by atoms with E-state index in [1.165, 1.54) is 5.56 Å². The molecule has 0 saturated heterocycles. The first-order valence-electron chi connectivity index (χ1n) is 5.90. The molecule has 0 radical (unpaired) electrons. The molecule has 0 saturated carbocycles. The van der Waals surface area contributed by atoms with E-state index in [0.29, 0.717) is 0 Å². The molecular weight excluding hydrogens is 296 g/mol. The molecule has 3 aromatic rings. The molecule has 2 nitrogen and oxygen atoms in total. The second-order valence-corrected chi connectivity index (χ2v) is 4.56. The molecule has 3 rings (SSSR count). The summed E-state index contributed by atoms with van der Waals surface area (Å²) in [6.45, 7) is 1.78. The summed E-state index contributed by atoms with van der Waals surface area (Å²) >= 11 is 1.64. The van der Waals surface area contributed by atoms with Gasteiger partial charge in [0.15, 0.2) is 0 Å². The van der Waals surface area contributed by atoms with Crippen LogP contribution in [0.5, 0.6) is 0 Å². The van der Waals surface area contributed by atoms with Gasteiger partial charge < -0.3 is 35.1 Å². The fourth-order valence-electron chi connectivity index (χ4n) is 1.51. The molecule has 4 heteroatoms. The molecule has 0 aliphatic carbocycles. The van der Waals surface area contributed by atoms with Gasteiger partial charge in [-0.25, -0.2) is 17.1 Å². The van der Waals surface area contributed by atoms with Gasteiger partial charge in [-0.15, -0.1) is 11.3 Å². The number of aromatic nitrogens is 1. The average molecular weight is 312 g/mol. The van der Waals surface area contributed by atoms with Crippen molar-refractivity contribution in [1.82, 2.24) is 10.3 Å². The van der Waals surface area contributed by atoms with Gasteiger partial charge in [0.2, 0.25) is 0 Å². The number of hydrogen-bond donors (Lipinski definition) is 1. The Morgan fingerprint density at radius 2 is 1.95 bits per heavy atom. The van der Waals surface area contributed by atoms with E-state index in [1.807, 2.05) is 35.8 Å². The first kappa shape index (κ1) is 15.9. The van der Waals surface area contributed by atoms with Gasteiger partial charge in [0, 0.05) is 29.0 Å². The van der Waals surface area contributed by atoms with Crippen LogP contribution in [0.1, 0.15) is 11.3 Å². The molecule has 1 aromatic heterocycles. The van der Waals surface area contributed by atoms with Crippen molar-refractivity contribution in [3.05, 3.63) is 76.7 Å². The Labute approximate surface area is 128 Å². The van der Waals surface area contributed by atoms with Crippen LogP contribution >= 0.6 is 11.3 Å². The minimum atomic E-state index is 0. The third kappa shape index (κ3) is 6.50. The summed E-state index contributed by atoms with van der Waals surface area (Å²) in [7, 11) is 0. The fourth-order valence-corrected chi connectivity index (χ4v) is 2.07. The van der Waals surface area contributed by atoms with E-state index in [1.54, 1.807) is 11.3 Å². The van der Waals surface area contributed by atoms with Gasteiger partial charge in [-0.3, -0.25) is 0 Å². The maximum atomic E-state index is 4.19. The van der Waals surface area contributed by atoms with Gasteiger partial charge in [-0.1, -0.05) is 0 Å². The first-order chi connectivity index (χ1) is 8.95. The molecule has 1 N–H and O–H groups in total. The second kappa shape index (κ2) is 9.70. The Morgan fingerprint density at radius 1 is 1.21 bits per heavy atom. The molecule has 0 atom stereocenters. The van der Waals surface area contributed by atoms with Crippen molar-refractivity contribution in [2.75, 3.05) is 0 Å². The normalized spacial score (nSPS) is 9.26. The predicted octanol–water partition coefficient (Wildman–Crippen LogP) is 3.55. The number of thiazole rings is 1. The molecule has 106 valence electrons. The Bertz CT molecular complexity index is 435. The number of nitrogens with one attached hydrogen (secondary N) is 1. The van der Waals surface area contributed by atoms with Crippen LogP contribution in [0.2, 0.25) is 0 Å². The summed E-state index contributed by atoms with van der Waals surface area (Å²) in [6.07, 6.45) is 0. The molecule has 0 unspecified atom stereocenters. The quantitative estimate of drug-likeness (QED) is 0.588. The van der Waals surface area contributed by atoms with Crippen LogP contribution in [0, 0.1) is 0 Å². The largest absolute Gasteiger partial charge is 0.748 e. The molecule has 2 aromatic carbocycles. The van der Waals surface area contributed by atoms with E-state index in [0.717, 1.165) is 18.8 Å². The monoisotopic (exact) mass is 312 g/mol. The molecule has 0 fully saturated rings. The molecule has 0 amide bonds. The molecule has 0 aliphatic heterocycles. The summed E-state index contributed by atoms with van der Waals surface area (Å²) in [5.74, 6) is 0. The topological polar surface area (TPSA) is 24.9 Å². The molecular formula is C15H16FeN2S-6. The third-order valence-corrected chi connectivity index (χ3v) is 3.04. The molecule has 0 aliphatic rings. The number of rotatable bonds is 4. The fraction of sp³-hybridized carbons (Fsp3) is 0.133. The molecule has 19 heavy (non-hydrogen) atoms. The minimum Gasteiger partial charge on any atom is -0.748 e. The van der Waals surface area contributed by atoms with E-state index in [2.05, 4.69) is 39.9 Å². The van der Waals surface area contributed by atoms with Crippen LogP contribution in [-0.2, 0) is 30.2 Å². The average Bonchev–Trinajstić information content (AvgIpc) is 3.16. The Hall–Kier alpha value is -1.19. The Kier molecular flexibility index (Phi) is 8.10. The first-order valence-corrected chi connectivity index (χ1v) is 6.84. The number of hydrogen-bond acceptors (Lipinski definition) is 3. The van der Waals surface area contributed by atoms with Crippen molar-refractivity contribution in [2.24, 2.45) is 0 Å². The van der Waals surface area contributed by atoms with E-state index < -0.39 is 0 Å². The SMILES string of the molecule is [Fe].c1cc[cH-]c1.c1nc(CNC[c-]2[cH-][cH-][cH-][cH-]2)cs1. The van der Waals surface area contributed by atoms with Gasteiger partial charge in [0.1, 0.15) is 0 Å². The van der Waals surface area contributed by atoms with E-state index in [4.69, 9.17) is 0 Å². The van der Waals surface area contributed by atoms with Crippen LogP contribution in [0.25, 0.3) is 0 Å². The predicted molar refractivity (Wildman–Crippen MR) is 76.7 cm³/mol. The Balaban J connectivity index is 0.000000256. The van der Waals surface area contributed by atoms with Crippen molar-refractivity contribution in [1.29, 1.82) is 0 Å². The second-order valence-electron chi connectivity index (χ2n) is 3.84. The van der Waals surface area contributed by atoms with Crippen LogP contribution in [0.3, 0.4) is 0 Å². The van der Waals surface area contributed by atoms with Crippen molar-refractivity contribution in [3.63, 3.8) is 0 Å². The minimum absolute atomic E-state index is 0. The summed E-state index contributed by atoms with van der Waals surface area (Å²) in [6, 6.07) is 18.3. The molecule has 0 bridgehead atoms. The van der Waals surface area contributed by atoms with Crippen molar-refractivity contribution >= 4 is 11.3 Å². The third-order valence-electron chi connectivity index (χ3n) is 2.41. The van der Waals surface area contributed by atoms with Crippen LogP contribution < -0.4 is 5.32 Å². The van der Waals surface area contributed by atoms with Gasteiger partial charge >= 0.3 is 0 Å². The summed E-state index contributed by atoms with van der Waals surface area (Å²) in [4.78, 5) is 4.19. The van der Waals surface area contributed by atoms with Gasteiger partial charge in [-0.2, -0.15) is 24.7 Å². The summed E-state index contributed by atoms with van der Waals surface area (Å²) in [5, 5.41) is 5.40.